The minimum Gasteiger partial charge on any atom is -0.350 e. The summed E-state index contributed by atoms with van der Waals surface area (Å²) in [5, 5.41) is 3.65. The van der Waals surface area contributed by atoms with E-state index < -0.39 is 34.1 Å². The first-order chi connectivity index (χ1) is 18.7. The summed E-state index contributed by atoms with van der Waals surface area (Å²) < 4.78 is 26.8. The molecule has 214 valence electrons. The van der Waals surface area contributed by atoms with Crippen LogP contribution in [0.5, 0.6) is 0 Å². The van der Waals surface area contributed by atoms with Crippen LogP contribution in [0.25, 0.3) is 0 Å². The summed E-state index contributed by atoms with van der Waals surface area (Å²) in [4.78, 5) is 29.3. The van der Waals surface area contributed by atoms with Crippen LogP contribution in [0, 0.1) is 6.92 Å². The van der Waals surface area contributed by atoms with Crippen molar-refractivity contribution >= 4 is 50.7 Å². The maximum atomic E-state index is 14.1. The zero-order valence-corrected chi connectivity index (χ0v) is 25.6. The number of rotatable bonds is 10. The topological polar surface area (TPSA) is 86.8 Å². The van der Waals surface area contributed by atoms with Crippen molar-refractivity contribution in [1.29, 1.82) is 0 Å². The molecule has 0 saturated carbocycles. The van der Waals surface area contributed by atoms with Crippen molar-refractivity contribution in [1.82, 2.24) is 10.2 Å². The van der Waals surface area contributed by atoms with E-state index in [0.717, 1.165) is 21.7 Å². The van der Waals surface area contributed by atoms with E-state index in [0.29, 0.717) is 21.3 Å². The minimum atomic E-state index is -3.85. The van der Waals surface area contributed by atoms with Gasteiger partial charge >= 0.3 is 0 Å². The average Bonchev–Trinajstić information content (AvgIpc) is 2.85. The summed E-state index contributed by atoms with van der Waals surface area (Å²) >= 11 is 13.0. The summed E-state index contributed by atoms with van der Waals surface area (Å²) in [6.45, 7) is 6.78. The fraction of sp³-hybridized carbons (Fsp3) is 0.333. The zero-order chi connectivity index (χ0) is 29.7. The van der Waals surface area contributed by atoms with Crippen LogP contribution in [0.3, 0.4) is 0 Å². The van der Waals surface area contributed by atoms with Gasteiger partial charge in [0.2, 0.25) is 21.8 Å². The molecular formula is C30H35Cl2N3O4S. The third-order valence-corrected chi connectivity index (χ3v) is 7.98. The first-order valence-corrected chi connectivity index (χ1v) is 15.4. The molecule has 40 heavy (non-hydrogen) atoms. The van der Waals surface area contributed by atoms with E-state index in [1.807, 2.05) is 64.1 Å². The Bertz CT molecular complexity index is 1440. The van der Waals surface area contributed by atoms with Crippen LogP contribution in [-0.4, -0.2) is 49.5 Å². The van der Waals surface area contributed by atoms with Gasteiger partial charge in [0.15, 0.2) is 0 Å². The smallest absolute Gasteiger partial charge is 0.244 e. The summed E-state index contributed by atoms with van der Waals surface area (Å²) in [6.07, 6.45) is 1.24. The number of benzene rings is 3. The Morgan fingerprint density at radius 2 is 1.52 bits per heavy atom. The molecule has 0 aliphatic heterocycles. The number of aryl methyl sites for hydroxylation is 1. The Morgan fingerprint density at radius 1 is 0.925 bits per heavy atom. The molecular weight excluding hydrogens is 569 g/mol. The summed E-state index contributed by atoms with van der Waals surface area (Å²) in [7, 11) is -3.85. The lowest BCUT2D eigenvalue weighted by molar-refractivity contribution is -0.140. The molecule has 3 aromatic rings. The van der Waals surface area contributed by atoms with E-state index in [4.69, 9.17) is 23.2 Å². The summed E-state index contributed by atoms with van der Waals surface area (Å²) in [5.41, 5.74) is 1.90. The molecule has 0 unspecified atom stereocenters. The van der Waals surface area contributed by atoms with Gasteiger partial charge in [0.25, 0.3) is 0 Å². The lowest BCUT2D eigenvalue weighted by atomic mass is 10.0. The van der Waals surface area contributed by atoms with Crippen molar-refractivity contribution in [3.05, 3.63) is 99.5 Å². The Hall–Kier alpha value is -3.07. The normalized spacial score (nSPS) is 12.5. The van der Waals surface area contributed by atoms with Gasteiger partial charge in [0.05, 0.1) is 11.9 Å². The SMILES string of the molecule is Cc1cccc(N(CC(=O)N(Cc2c(Cl)cccc2Cl)[C@@H](Cc2ccccc2)C(=O)NC(C)(C)C)S(C)(=O)=O)c1. The van der Waals surface area contributed by atoms with Crippen LogP contribution >= 0.6 is 23.2 Å². The molecule has 0 saturated heterocycles. The molecule has 1 N–H and O–H groups in total. The molecule has 1 atom stereocenters. The third-order valence-electron chi connectivity index (χ3n) is 6.13. The van der Waals surface area contributed by atoms with E-state index in [2.05, 4.69) is 5.32 Å². The van der Waals surface area contributed by atoms with Gasteiger partial charge in [-0.25, -0.2) is 8.42 Å². The van der Waals surface area contributed by atoms with Gasteiger partial charge in [-0.2, -0.15) is 0 Å². The number of nitrogens with one attached hydrogen (secondary N) is 1. The van der Waals surface area contributed by atoms with Crippen LogP contribution in [0.15, 0.2) is 72.8 Å². The predicted molar refractivity (Wildman–Crippen MR) is 162 cm³/mol. The Balaban J connectivity index is 2.12. The van der Waals surface area contributed by atoms with Crippen LogP contribution < -0.4 is 9.62 Å². The van der Waals surface area contributed by atoms with Crippen LogP contribution in [0.4, 0.5) is 5.69 Å². The van der Waals surface area contributed by atoms with Gasteiger partial charge in [-0.15, -0.1) is 0 Å². The van der Waals surface area contributed by atoms with Crippen molar-refractivity contribution < 1.29 is 18.0 Å². The molecule has 0 aliphatic rings. The molecule has 0 heterocycles. The molecule has 3 rings (SSSR count). The van der Waals surface area contributed by atoms with Gasteiger partial charge < -0.3 is 10.2 Å². The quantitative estimate of drug-likeness (QED) is 0.326. The lowest BCUT2D eigenvalue weighted by Gasteiger charge is -2.35. The number of hydrogen-bond donors (Lipinski definition) is 1. The largest absolute Gasteiger partial charge is 0.350 e. The molecule has 10 heteroatoms. The van der Waals surface area contributed by atoms with E-state index in [9.17, 15) is 18.0 Å². The molecule has 3 aromatic carbocycles. The first kappa shape index (κ1) is 31.5. The highest BCUT2D eigenvalue weighted by molar-refractivity contribution is 7.92. The Kier molecular flexibility index (Phi) is 10.3. The van der Waals surface area contributed by atoms with Gasteiger partial charge in [-0.1, -0.05) is 71.7 Å². The number of amides is 2. The molecule has 2 amide bonds. The van der Waals surface area contributed by atoms with Gasteiger partial charge in [0, 0.05) is 34.1 Å². The highest BCUT2D eigenvalue weighted by Gasteiger charge is 2.35. The molecule has 0 bridgehead atoms. The Labute approximate surface area is 247 Å². The molecule has 0 spiro atoms. The number of carbonyl (C=O) groups excluding carboxylic acids is 2. The third kappa shape index (κ3) is 8.71. The maximum Gasteiger partial charge on any atom is 0.244 e. The van der Waals surface area contributed by atoms with Crippen LogP contribution in [0.2, 0.25) is 10.0 Å². The Morgan fingerprint density at radius 3 is 2.08 bits per heavy atom. The first-order valence-electron chi connectivity index (χ1n) is 12.8. The van der Waals surface area contributed by atoms with Crippen molar-refractivity contribution in [2.24, 2.45) is 0 Å². The number of sulfonamides is 1. The standard InChI is InChI=1S/C30H35Cl2N3O4S/c1-21-11-9-14-23(17-21)35(40(5,38)39)20-28(36)34(19-24-25(31)15-10-16-26(24)32)27(29(37)33-30(2,3)4)18-22-12-7-6-8-13-22/h6-17,27H,18-20H2,1-5H3,(H,33,37)/t27-/m0/s1. The summed E-state index contributed by atoms with van der Waals surface area (Å²) in [6, 6.07) is 20.2. The second-order valence-electron chi connectivity index (χ2n) is 10.8. The number of carbonyl (C=O) groups is 2. The molecule has 0 fully saturated rings. The van der Waals surface area contributed by atoms with Crippen LogP contribution in [0.1, 0.15) is 37.5 Å². The van der Waals surface area contributed by atoms with E-state index >= 15 is 0 Å². The number of nitrogens with zero attached hydrogens (tertiary/aromatic N) is 2. The average molecular weight is 605 g/mol. The maximum absolute atomic E-state index is 14.1. The van der Waals surface area contributed by atoms with E-state index in [-0.39, 0.29) is 18.9 Å². The lowest BCUT2D eigenvalue weighted by Crippen LogP contribution is -2.56. The van der Waals surface area contributed by atoms with E-state index in [1.54, 1.807) is 36.4 Å². The predicted octanol–water partition coefficient (Wildman–Crippen LogP) is 5.62. The zero-order valence-electron chi connectivity index (χ0n) is 23.3. The van der Waals surface area contributed by atoms with Crippen molar-refractivity contribution in [2.75, 3.05) is 17.1 Å². The van der Waals surface area contributed by atoms with E-state index in [1.165, 1.54) is 4.90 Å². The number of anilines is 1. The fourth-order valence-corrected chi connectivity index (χ4v) is 5.62. The molecule has 0 aromatic heterocycles. The van der Waals surface area contributed by atoms with Crippen LogP contribution in [-0.2, 0) is 32.6 Å². The minimum absolute atomic E-state index is 0.0994. The molecule has 7 nitrogen and oxygen atoms in total. The molecule has 0 radical (unpaired) electrons. The van der Waals surface area contributed by atoms with Gasteiger partial charge in [-0.3, -0.25) is 13.9 Å². The second-order valence-corrected chi connectivity index (χ2v) is 13.5. The fourth-order valence-electron chi connectivity index (χ4n) is 4.26. The van der Waals surface area contributed by atoms with Crippen molar-refractivity contribution in [3.63, 3.8) is 0 Å². The second kappa shape index (κ2) is 13.1. The van der Waals surface area contributed by atoms with Crippen molar-refractivity contribution in [3.8, 4) is 0 Å². The van der Waals surface area contributed by atoms with Gasteiger partial charge in [-0.05, 0) is 63.1 Å². The highest BCUT2D eigenvalue weighted by Crippen LogP contribution is 2.28. The van der Waals surface area contributed by atoms with Gasteiger partial charge in [0.1, 0.15) is 12.6 Å². The number of halogens is 2. The molecule has 0 aliphatic carbocycles. The van der Waals surface area contributed by atoms with Crippen molar-refractivity contribution in [2.45, 2.75) is 52.2 Å². The number of hydrogen-bond acceptors (Lipinski definition) is 4. The highest BCUT2D eigenvalue weighted by atomic mass is 35.5. The summed E-state index contributed by atoms with van der Waals surface area (Å²) in [5.74, 6) is -0.956. The monoisotopic (exact) mass is 603 g/mol.